The summed E-state index contributed by atoms with van der Waals surface area (Å²) in [4.78, 5) is 0. The molecule has 0 saturated heterocycles. The van der Waals surface area contributed by atoms with E-state index in [-0.39, 0.29) is 5.82 Å². The number of hydrogen-bond acceptors (Lipinski definition) is 2. The molecule has 2 nitrogen and oxygen atoms in total. The van der Waals surface area contributed by atoms with E-state index in [1.165, 1.54) is 6.07 Å². The summed E-state index contributed by atoms with van der Waals surface area (Å²) in [5.74, 6) is 0.357. The molecule has 2 aromatic carbocycles. The Balaban J connectivity index is 2.35. The van der Waals surface area contributed by atoms with Crippen LogP contribution >= 0.6 is 11.6 Å². The average Bonchev–Trinajstić information content (AvgIpc) is 2.42. The van der Waals surface area contributed by atoms with Gasteiger partial charge in [-0.3, -0.25) is 0 Å². The molecule has 2 aromatic rings. The second kappa shape index (κ2) is 5.81. The number of nitrogens with two attached hydrogens (primary N) is 1. The minimum atomic E-state index is -0.735. The van der Waals surface area contributed by atoms with Crippen LogP contribution in [0.2, 0.25) is 5.02 Å². The molecule has 4 heteroatoms. The van der Waals surface area contributed by atoms with Gasteiger partial charge in [0.25, 0.3) is 0 Å². The highest BCUT2D eigenvalue weighted by Crippen LogP contribution is 2.31. The van der Waals surface area contributed by atoms with Gasteiger partial charge in [-0.25, -0.2) is 4.39 Å². The first-order chi connectivity index (χ1) is 9.44. The molecule has 1 unspecified atom stereocenters. The number of hydrogen-bond donors (Lipinski definition) is 1. The van der Waals surface area contributed by atoms with Crippen LogP contribution in [0.3, 0.4) is 0 Å². The van der Waals surface area contributed by atoms with Crippen LogP contribution in [-0.2, 0) is 12.0 Å². The molecular formula is C16H17ClFNO. The second-order valence-corrected chi connectivity index (χ2v) is 5.47. The first-order valence-corrected chi connectivity index (χ1v) is 6.68. The molecule has 0 aliphatic heterocycles. The van der Waals surface area contributed by atoms with Crippen LogP contribution in [0.4, 0.5) is 4.39 Å². The van der Waals surface area contributed by atoms with Crippen LogP contribution < -0.4 is 10.5 Å². The van der Waals surface area contributed by atoms with Crippen molar-refractivity contribution in [2.24, 2.45) is 5.73 Å². The van der Waals surface area contributed by atoms with Crippen LogP contribution in [-0.4, -0.2) is 7.11 Å². The molecule has 0 heterocycles. The Morgan fingerprint density at radius 3 is 2.60 bits per heavy atom. The fourth-order valence-corrected chi connectivity index (χ4v) is 2.43. The zero-order valence-electron chi connectivity index (χ0n) is 11.5. The van der Waals surface area contributed by atoms with Gasteiger partial charge < -0.3 is 10.5 Å². The summed E-state index contributed by atoms with van der Waals surface area (Å²) in [7, 11) is 1.60. The zero-order valence-corrected chi connectivity index (χ0v) is 12.2. The smallest absolute Gasteiger partial charge is 0.127 e. The normalized spacial score (nSPS) is 13.8. The van der Waals surface area contributed by atoms with Crippen LogP contribution in [0.15, 0.2) is 42.5 Å². The van der Waals surface area contributed by atoms with E-state index in [0.29, 0.717) is 22.8 Å². The van der Waals surface area contributed by atoms with E-state index in [1.807, 2.05) is 31.2 Å². The van der Waals surface area contributed by atoms with Crippen molar-refractivity contribution in [2.75, 3.05) is 7.11 Å². The van der Waals surface area contributed by atoms with Gasteiger partial charge in [0, 0.05) is 16.1 Å². The molecule has 0 aliphatic rings. The van der Waals surface area contributed by atoms with Gasteiger partial charge in [-0.15, -0.1) is 0 Å². The number of benzene rings is 2. The summed E-state index contributed by atoms with van der Waals surface area (Å²) < 4.78 is 19.2. The summed E-state index contributed by atoms with van der Waals surface area (Å²) in [5, 5.41) is 0.377. The summed E-state index contributed by atoms with van der Waals surface area (Å²) >= 11 is 5.76. The predicted molar refractivity (Wildman–Crippen MR) is 79.6 cm³/mol. The standard InChI is InChI=1S/C16H17ClFNO/c1-16(19,13-5-3-4-6-15(13)20-2)10-11-7-8-12(17)9-14(11)18/h3-9H,10,19H2,1-2H3. The minimum Gasteiger partial charge on any atom is -0.496 e. The first-order valence-electron chi connectivity index (χ1n) is 6.30. The van der Waals surface area contributed by atoms with Gasteiger partial charge in [0.2, 0.25) is 0 Å². The maximum atomic E-state index is 13.9. The third kappa shape index (κ3) is 3.11. The van der Waals surface area contributed by atoms with Crippen molar-refractivity contribution in [3.05, 3.63) is 64.4 Å². The Hall–Kier alpha value is -1.58. The lowest BCUT2D eigenvalue weighted by molar-refractivity contribution is 0.384. The van der Waals surface area contributed by atoms with Gasteiger partial charge >= 0.3 is 0 Å². The third-order valence-corrected chi connectivity index (χ3v) is 3.53. The highest BCUT2D eigenvalue weighted by atomic mass is 35.5. The molecule has 0 radical (unpaired) electrons. The van der Waals surface area contributed by atoms with Gasteiger partial charge in [-0.2, -0.15) is 0 Å². The average molecular weight is 294 g/mol. The van der Waals surface area contributed by atoms with E-state index in [1.54, 1.807) is 19.2 Å². The monoisotopic (exact) mass is 293 g/mol. The van der Waals surface area contributed by atoms with E-state index in [9.17, 15) is 4.39 Å². The van der Waals surface area contributed by atoms with E-state index in [0.717, 1.165) is 5.56 Å². The number of para-hydroxylation sites is 1. The predicted octanol–water partition coefficient (Wildman–Crippen LogP) is 3.90. The zero-order chi connectivity index (χ0) is 14.8. The van der Waals surface area contributed by atoms with E-state index in [4.69, 9.17) is 22.1 Å². The fourth-order valence-electron chi connectivity index (χ4n) is 2.27. The van der Waals surface area contributed by atoms with Gasteiger partial charge in [0.05, 0.1) is 7.11 Å². The molecule has 106 valence electrons. The van der Waals surface area contributed by atoms with Crippen LogP contribution in [0.1, 0.15) is 18.1 Å². The molecule has 0 saturated carbocycles. The maximum Gasteiger partial charge on any atom is 0.127 e. The van der Waals surface area contributed by atoms with Crippen molar-refractivity contribution in [3.8, 4) is 5.75 Å². The second-order valence-electron chi connectivity index (χ2n) is 5.03. The molecular weight excluding hydrogens is 277 g/mol. The number of ether oxygens (including phenoxy) is 1. The molecule has 1 atom stereocenters. The molecule has 2 rings (SSSR count). The van der Waals surface area contributed by atoms with Crippen molar-refractivity contribution in [1.82, 2.24) is 0 Å². The van der Waals surface area contributed by atoms with Crippen LogP contribution in [0, 0.1) is 5.82 Å². The van der Waals surface area contributed by atoms with Crippen molar-refractivity contribution >= 4 is 11.6 Å². The summed E-state index contributed by atoms with van der Waals surface area (Å²) in [5.41, 5.74) is 7.02. The minimum absolute atomic E-state index is 0.343. The van der Waals surface area contributed by atoms with E-state index in [2.05, 4.69) is 0 Å². The number of halogens is 2. The Morgan fingerprint density at radius 1 is 1.25 bits per heavy atom. The van der Waals surface area contributed by atoms with Crippen molar-refractivity contribution in [3.63, 3.8) is 0 Å². The van der Waals surface area contributed by atoms with Crippen molar-refractivity contribution < 1.29 is 9.13 Å². The Morgan fingerprint density at radius 2 is 1.95 bits per heavy atom. The van der Waals surface area contributed by atoms with Gasteiger partial charge in [0.1, 0.15) is 11.6 Å². The topological polar surface area (TPSA) is 35.2 Å². The Labute approximate surface area is 123 Å². The third-order valence-electron chi connectivity index (χ3n) is 3.30. The first kappa shape index (κ1) is 14.8. The lowest BCUT2D eigenvalue weighted by Gasteiger charge is -2.27. The molecule has 0 aliphatic carbocycles. The Kier molecular flexibility index (Phi) is 4.31. The van der Waals surface area contributed by atoms with Crippen molar-refractivity contribution in [1.29, 1.82) is 0 Å². The molecule has 0 amide bonds. The maximum absolute atomic E-state index is 13.9. The van der Waals surface area contributed by atoms with Gasteiger partial charge in [-0.1, -0.05) is 35.9 Å². The molecule has 20 heavy (non-hydrogen) atoms. The van der Waals surface area contributed by atoms with Crippen LogP contribution in [0.5, 0.6) is 5.75 Å². The molecule has 0 spiro atoms. The van der Waals surface area contributed by atoms with Crippen LogP contribution in [0.25, 0.3) is 0 Å². The highest BCUT2D eigenvalue weighted by Gasteiger charge is 2.26. The molecule has 2 N–H and O–H groups in total. The molecule has 0 bridgehead atoms. The van der Waals surface area contributed by atoms with Crippen molar-refractivity contribution in [2.45, 2.75) is 18.9 Å². The SMILES string of the molecule is COc1ccccc1C(C)(N)Cc1ccc(Cl)cc1F. The lowest BCUT2D eigenvalue weighted by Crippen LogP contribution is -2.36. The lowest BCUT2D eigenvalue weighted by atomic mass is 9.86. The van der Waals surface area contributed by atoms with E-state index >= 15 is 0 Å². The number of methoxy groups -OCH3 is 1. The Bertz CT molecular complexity index is 613. The molecule has 0 aromatic heterocycles. The number of rotatable bonds is 4. The summed E-state index contributed by atoms with van der Waals surface area (Å²) in [6.07, 6.45) is 0.358. The summed E-state index contributed by atoms with van der Waals surface area (Å²) in [6, 6.07) is 12.1. The quantitative estimate of drug-likeness (QED) is 0.928. The van der Waals surface area contributed by atoms with E-state index < -0.39 is 5.54 Å². The van der Waals surface area contributed by atoms with Gasteiger partial charge in [-0.05, 0) is 37.1 Å². The molecule has 0 fully saturated rings. The van der Waals surface area contributed by atoms with Gasteiger partial charge in [0.15, 0.2) is 0 Å². The largest absolute Gasteiger partial charge is 0.496 e. The fraction of sp³-hybridized carbons (Fsp3) is 0.250. The highest BCUT2D eigenvalue weighted by molar-refractivity contribution is 6.30. The summed E-state index contributed by atoms with van der Waals surface area (Å²) in [6.45, 7) is 1.86.